The summed E-state index contributed by atoms with van der Waals surface area (Å²) >= 11 is 0. The zero-order valence-electron chi connectivity index (χ0n) is 10.7. The third kappa shape index (κ3) is 3.03. The van der Waals surface area contributed by atoms with Crippen LogP contribution in [-0.2, 0) is 5.60 Å². The third-order valence-corrected chi connectivity index (χ3v) is 2.82. The summed E-state index contributed by atoms with van der Waals surface area (Å²) in [6.07, 6.45) is 1.39. The van der Waals surface area contributed by atoms with Crippen molar-refractivity contribution in [3.8, 4) is 0 Å². The number of benzene rings is 1. The van der Waals surface area contributed by atoms with Gasteiger partial charge in [-0.15, -0.1) is 0 Å². The molecule has 1 atom stereocenters. The van der Waals surface area contributed by atoms with Gasteiger partial charge in [0.05, 0.1) is 18.4 Å². The number of rotatable bonds is 4. The van der Waals surface area contributed by atoms with E-state index in [1.807, 2.05) is 0 Å². The number of aliphatic hydroxyl groups is 1. The van der Waals surface area contributed by atoms with Crippen LogP contribution in [0.25, 0.3) is 0 Å². The predicted molar refractivity (Wildman–Crippen MR) is 67.0 cm³/mol. The van der Waals surface area contributed by atoms with Crippen LogP contribution in [0, 0.1) is 11.6 Å². The number of hydrogen-bond donors (Lipinski definition) is 2. The Bertz CT molecular complexity index is 609. The molecule has 2 N–H and O–H groups in total. The van der Waals surface area contributed by atoms with Crippen LogP contribution in [0.5, 0.6) is 0 Å². The lowest BCUT2D eigenvalue weighted by molar-refractivity contribution is 0.0329. The summed E-state index contributed by atoms with van der Waals surface area (Å²) in [5.41, 5.74) is -1.71. The predicted octanol–water partition coefficient (Wildman–Crippen LogP) is 2.20. The molecule has 0 aliphatic carbocycles. The van der Waals surface area contributed by atoms with Crippen LogP contribution < -0.4 is 5.32 Å². The lowest BCUT2D eigenvalue weighted by atomic mass is 10.0. The first-order valence-corrected chi connectivity index (χ1v) is 5.90. The summed E-state index contributed by atoms with van der Waals surface area (Å²) in [6.45, 7) is 1.28. The molecule has 1 amide bonds. The Morgan fingerprint density at radius 2 is 2.15 bits per heavy atom. The highest BCUT2D eigenvalue weighted by Crippen LogP contribution is 2.20. The Kier molecular flexibility index (Phi) is 3.85. The normalized spacial score (nSPS) is 13.8. The fraction of sp³-hybridized carbons (Fsp3) is 0.214. The van der Waals surface area contributed by atoms with Crippen LogP contribution in [0.4, 0.5) is 8.78 Å². The van der Waals surface area contributed by atoms with Crippen molar-refractivity contribution in [2.24, 2.45) is 0 Å². The molecular weight excluding hydrogens is 268 g/mol. The van der Waals surface area contributed by atoms with Crippen molar-refractivity contribution in [3.05, 3.63) is 59.6 Å². The largest absolute Gasteiger partial charge is 0.466 e. The zero-order chi connectivity index (χ0) is 14.8. The number of halogens is 2. The lowest BCUT2D eigenvalue weighted by Crippen LogP contribution is -2.38. The van der Waals surface area contributed by atoms with Crippen LogP contribution >= 0.6 is 0 Å². The Labute approximate surface area is 114 Å². The summed E-state index contributed by atoms with van der Waals surface area (Å²) in [6, 6.07) is 5.82. The molecule has 1 unspecified atom stereocenters. The number of nitrogens with one attached hydrogen (secondary N) is 1. The molecule has 0 spiro atoms. The Balaban J connectivity index is 2.05. The molecule has 4 nitrogen and oxygen atoms in total. The minimum Gasteiger partial charge on any atom is -0.466 e. The summed E-state index contributed by atoms with van der Waals surface area (Å²) in [4.78, 5) is 11.8. The van der Waals surface area contributed by atoms with E-state index in [1.54, 1.807) is 12.1 Å². The monoisotopic (exact) mass is 281 g/mol. The van der Waals surface area contributed by atoms with Crippen LogP contribution in [0.3, 0.4) is 0 Å². The van der Waals surface area contributed by atoms with E-state index in [2.05, 4.69) is 5.32 Å². The van der Waals surface area contributed by atoms with Gasteiger partial charge in [-0.1, -0.05) is 0 Å². The molecule has 106 valence electrons. The van der Waals surface area contributed by atoms with E-state index in [1.165, 1.54) is 13.2 Å². The van der Waals surface area contributed by atoms with E-state index in [0.29, 0.717) is 6.07 Å². The standard InChI is InChI=1S/C14H13F2NO3/c1-14(19,12-3-2-6-20-12)8-17-13(18)10-5-4-9(15)7-11(10)16/h2-7,19H,8H2,1H3,(H,17,18). The zero-order valence-corrected chi connectivity index (χ0v) is 10.7. The van der Waals surface area contributed by atoms with Crippen molar-refractivity contribution in [3.63, 3.8) is 0 Å². The van der Waals surface area contributed by atoms with Gasteiger partial charge in [0.1, 0.15) is 23.0 Å². The van der Waals surface area contributed by atoms with Gasteiger partial charge in [0, 0.05) is 6.07 Å². The van der Waals surface area contributed by atoms with Gasteiger partial charge in [-0.2, -0.15) is 0 Å². The molecule has 0 saturated carbocycles. The van der Waals surface area contributed by atoms with Gasteiger partial charge in [-0.05, 0) is 31.2 Å². The van der Waals surface area contributed by atoms with Gasteiger partial charge < -0.3 is 14.8 Å². The SMILES string of the molecule is CC(O)(CNC(=O)c1ccc(F)cc1F)c1ccco1. The summed E-state index contributed by atoms with van der Waals surface area (Å²) < 4.78 is 31.2. The van der Waals surface area contributed by atoms with E-state index in [9.17, 15) is 18.7 Å². The maximum Gasteiger partial charge on any atom is 0.254 e. The van der Waals surface area contributed by atoms with Crippen molar-refractivity contribution in [2.45, 2.75) is 12.5 Å². The Morgan fingerprint density at radius 3 is 2.75 bits per heavy atom. The highest BCUT2D eigenvalue weighted by Gasteiger charge is 2.27. The number of carbonyl (C=O) groups excluding carboxylic acids is 1. The van der Waals surface area contributed by atoms with Gasteiger partial charge in [-0.25, -0.2) is 8.78 Å². The molecule has 0 saturated heterocycles. The van der Waals surface area contributed by atoms with Crippen LogP contribution in [0.15, 0.2) is 41.0 Å². The molecule has 2 aromatic rings. The molecule has 1 heterocycles. The number of hydrogen-bond acceptors (Lipinski definition) is 3. The minimum absolute atomic E-state index is 0.170. The lowest BCUT2D eigenvalue weighted by Gasteiger charge is -2.21. The van der Waals surface area contributed by atoms with E-state index in [-0.39, 0.29) is 17.9 Å². The molecule has 1 aromatic heterocycles. The second-order valence-electron chi connectivity index (χ2n) is 4.56. The Morgan fingerprint density at radius 1 is 1.40 bits per heavy atom. The van der Waals surface area contributed by atoms with E-state index in [0.717, 1.165) is 12.1 Å². The first-order valence-electron chi connectivity index (χ1n) is 5.90. The quantitative estimate of drug-likeness (QED) is 0.903. The van der Waals surface area contributed by atoms with E-state index < -0.39 is 23.1 Å². The van der Waals surface area contributed by atoms with Gasteiger partial charge >= 0.3 is 0 Å². The van der Waals surface area contributed by atoms with Crippen molar-refractivity contribution in [1.82, 2.24) is 5.32 Å². The maximum absolute atomic E-state index is 13.4. The first kappa shape index (κ1) is 14.2. The molecule has 6 heteroatoms. The van der Waals surface area contributed by atoms with Crippen molar-refractivity contribution in [1.29, 1.82) is 0 Å². The topological polar surface area (TPSA) is 62.5 Å². The molecule has 0 bridgehead atoms. The van der Waals surface area contributed by atoms with E-state index in [4.69, 9.17) is 4.42 Å². The van der Waals surface area contributed by atoms with Crippen molar-refractivity contribution >= 4 is 5.91 Å². The average molecular weight is 281 g/mol. The Hall–Kier alpha value is -2.21. The maximum atomic E-state index is 13.4. The van der Waals surface area contributed by atoms with Gasteiger partial charge in [-0.3, -0.25) is 4.79 Å². The molecule has 20 heavy (non-hydrogen) atoms. The fourth-order valence-electron chi connectivity index (χ4n) is 1.69. The highest BCUT2D eigenvalue weighted by molar-refractivity contribution is 5.94. The summed E-state index contributed by atoms with van der Waals surface area (Å²) in [5, 5.41) is 12.5. The number of carbonyl (C=O) groups is 1. The molecule has 0 radical (unpaired) electrons. The number of amides is 1. The van der Waals surface area contributed by atoms with Crippen LogP contribution in [0.2, 0.25) is 0 Å². The number of furan rings is 1. The fourth-order valence-corrected chi connectivity index (χ4v) is 1.69. The van der Waals surface area contributed by atoms with Crippen LogP contribution in [-0.4, -0.2) is 17.6 Å². The molecule has 0 aliphatic rings. The highest BCUT2D eigenvalue weighted by atomic mass is 19.1. The molecule has 0 fully saturated rings. The van der Waals surface area contributed by atoms with Crippen molar-refractivity contribution in [2.75, 3.05) is 6.54 Å². The summed E-state index contributed by atoms with van der Waals surface area (Å²) in [7, 11) is 0. The van der Waals surface area contributed by atoms with E-state index >= 15 is 0 Å². The van der Waals surface area contributed by atoms with Crippen molar-refractivity contribution < 1.29 is 23.1 Å². The molecule has 0 aliphatic heterocycles. The average Bonchev–Trinajstić information content (AvgIpc) is 2.90. The molecule has 1 aromatic carbocycles. The second-order valence-corrected chi connectivity index (χ2v) is 4.56. The first-order chi connectivity index (χ1) is 9.40. The van der Waals surface area contributed by atoms with Gasteiger partial charge in [0.25, 0.3) is 5.91 Å². The van der Waals surface area contributed by atoms with Gasteiger partial charge in [0.15, 0.2) is 0 Å². The molecular formula is C14H13F2NO3. The summed E-state index contributed by atoms with van der Waals surface area (Å²) in [5.74, 6) is -2.19. The third-order valence-electron chi connectivity index (χ3n) is 2.82. The minimum atomic E-state index is -1.42. The second kappa shape index (κ2) is 5.42. The van der Waals surface area contributed by atoms with Gasteiger partial charge in [0.2, 0.25) is 0 Å². The smallest absolute Gasteiger partial charge is 0.254 e. The van der Waals surface area contributed by atoms with Crippen LogP contribution in [0.1, 0.15) is 23.0 Å². The molecule has 2 rings (SSSR count).